The standard InChI is InChI=1S/C24H24F2N8O3S/c1-34-13-20(30-14-34)38(35,36)33-18-6-7-19(22(26)21(18)25)37-23-16(5-3-10-28-23)17-8-11-29-24(32-17)31-15-4-2-9-27-12-15/h3,5-8,10-11,13-15,27,33H,2,4,9,12H2,1H3,(H,29,31,32)/t15-/m0/s1. The van der Waals surface area contributed by atoms with Crippen LogP contribution in [0.5, 0.6) is 11.6 Å². The smallest absolute Gasteiger partial charge is 0.281 e. The molecule has 3 aromatic heterocycles. The lowest BCUT2D eigenvalue weighted by atomic mass is 10.1. The summed E-state index contributed by atoms with van der Waals surface area (Å²) in [6.45, 7) is 1.78. The number of imidazole rings is 1. The van der Waals surface area contributed by atoms with E-state index in [1.807, 2.05) is 4.72 Å². The van der Waals surface area contributed by atoms with Gasteiger partial charge in [-0.1, -0.05) is 0 Å². The van der Waals surface area contributed by atoms with E-state index in [0.29, 0.717) is 17.2 Å². The number of hydrogen-bond acceptors (Lipinski definition) is 9. The van der Waals surface area contributed by atoms with Crippen molar-refractivity contribution in [2.24, 2.45) is 7.05 Å². The molecule has 5 rings (SSSR count). The lowest BCUT2D eigenvalue weighted by Crippen LogP contribution is -2.38. The molecule has 1 aromatic carbocycles. The van der Waals surface area contributed by atoms with Crippen molar-refractivity contribution >= 4 is 21.7 Å². The van der Waals surface area contributed by atoms with Gasteiger partial charge < -0.3 is 19.9 Å². The van der Waals surface area contributed by atoms with Crippen molar-refractivity contribution in [1.82, 2.24) is 29.8 Å². The summed E-state index contributed by atoms with van der Waals surface area (Å²) in [4.78, 5) is 16.7. The Morgan fingerprint density at radius 1 is 1.11 bits per heavy atom. The molecule has 0 radical (unpaired) electrons. The molecule has 1 saturated heterocycles. The van der Waals surface area contributed by atoms with Gasteiger partial charge in [-0.3, -0.25) is 4.72 Å². The second-order valence-corrected chi connectivity index (χ2v) is 10.3. The van der Waals surface area contributed by atoms with E-state index in [0.717, 1.165) is 38.1 Å². The second kappa shape index (κ2) is 10.7. The summed E-state index contributed by atoms with van der Waals surface area (Å²) in [5.74, 6) is -2.90. The van der Waals surface area contributed by atoms with Crippen LogP contribution in [0.3, 0.4) is 0 Å². The van der Waals surface area contributed by atoms with Gasteiger partial charge in [-0.15, -0.1) is 0 Å². The Hall–Kier alpha value is -4.17. The molecule has 11 nitrogen and oxygen atoms in total. The quantitative estimate of drug-likeness (QED) is 0.306. The maximum atomic E-state index is 15.0. The van der Waals surface area contributed by atoms with Crippen molar-refractivity contribution in [3.8, 4) is 22.9 Å². The molecule has 0 aliphatic carbocycles. The number of rotatable bonds is 8. The Morgan fingerprint density at radius 3 is 2.74 bits per heavy atom. The number of halogens is 2. The van der Waals surface area contributed by atoms with E-state index < -0.39 is 33.1 Å². The van der Waals surface area contributed by atoms with Gasteiger partial charge in [0.1, 0.15) is 0 Å². The zero-order chi connectivity index (χ0) is 26.7. The first-order valence-electron chi connectivity index (χ1n) is 11.7. The third-order valence-electron chi connectivity index (χ3n) is 5.79. The van der Waals surface area contributed by atoms with Gasteiger partial charge in [0.15, 0.2) is 16.6 Å². The van der Waals surface area contributed by atoms with Gasteiger partial charge >= 0.3 is 0 Å². The van der Waals surface area contributed by atoms with Crippen LogP contribution in [0.1, 0.15) is 12.8 Å². The summed E-state index contributed by atoms with van der Waals surface area (Å²) in [5.41, 5.74) is 0.305. The summed E-state index contributed by atoms with van der Waals surface area (Å²) in [5, 5.41) is 6.28. The Morgan fingerprint density at radius 2 is 1.97 bits per heavy atom. The molecule has 3 N–H and O–H groups in total. The number of pyridine rings is 1. The molecule has 1 fully saturated rings. The largest absolute Gasteiger partial charge is 0.435 e. The molecule has 0 bridgehead atoms. The number of nitrogens with zero attached hydrogens (tertiary/aromatic N) is 5. The third kappa shape index (κ3) is 5.55. The second-order valence-electron chi connectivity index (χ2n) is 8.63. The number of aromatic nitrogens is 5. The highest BCUT2D eigenvalue weighted by Gasteiger charge is 2.23. The molecule has 14 heteroatoms. The van der Waals surface area contributed by atoms with E-state index in [2.05, 4.69) is 30.6 Å². The minimum Gasteiger partial charge on any atom is -0.435 e. The van der Waals surface area contributed by atoms with Gasteiger partial charge in [0.25, 0.3) is 10.0 Å². The molecule has 1 aliphatic rings. The summed E-state index contributed by atoms with van der Waals surface area (Å²) in [7, 11) is -2.65. The van der Waals surface area contributed by atoms with Crippen LogP contribution in [0.2, 0.25) is 0 Å². The molecule has 0 unspecified atom stereocenters. The molecule has 38 heavy (non-hydrogen) atoms. The van der Waals surface area contributed by atoms with Gasteiger partial charge in [0.05, 0.1) is 23.3 Å². The van der Waals surface area contributed by atoms with Crippen LogP contribution in [0, 0.1) is 11.6 Å². The van der Waals surface area contributed by atoms with Crippen LogP contribution in [0.4, 0.5) is 20.4 Å². The van der Waals surface area contributed by atoms with Crippen LogP contribution in [-0.2, 0) is 17.1 Å². The van der Waals surface area contributed by atoms with Crippen LogP contribution in [0.15, 0.2) is 60.3 Å². The predicted molar refractivity (Wildman–Crippen MR) is 135 cm³/mol. The normalized spacial score (nSPS) is 15.7. The molecule has 1 aliphatic heterocycles. The van der Waals surface area contributed by atoms with E-state index >= 15 is 0 Å². The van der Waals surface area contributed by atoms with E-state index in [1.165, 1.54) is 23.3 Å². The van der Waals surface area contributed by atoms with E-state index in [1.54, 1.807) is 31.4 Å². The maximum absolute atomic E-state index is 15.0. The Labute approximate surface area is 217 Å². The molecule has 1 atom stereocenters. The summed E-state index contributed by atoms with van der Waals surface area (Å²) in [6, 6.07) is 7.35. The number of benzene rings is 1. The number of sulfonamides is 1. The van der Waals surface area contributed by atoms with Crippen molar-refractivity contribution in [3.63, 3.8) is 0 Å². The molecule has 4 aromatic rings. The van der Waals surface area contributed by atoms with Gasteiger partial charge in [-0.05, 0) is 49.7 Å². The van der Waals surface area contributed by atoms with Crippen molar-refractivity contribution in [2.75, 3.05) is 23.1 Å². The number of hydrogen-bond donors (Lipinski definition) is 3. The molecule has 4 heterocycles. The van der Waals surface area contributed by atoms with E-state index in [4.69, 9.17) is 4.74 Å². The topological polar surface area (TPSA) is 136 Å². The minimum absolute atomic E-state index is 0.0170. The highest BCUT2D eigenvalue weighted by atomic mass is 32.2. The van der Waals surface area contributed by atoms with Gasteiger partial charge in [-0.2, -0.15) is 12.8 Å². The first-order valence-corrected chi connectivity index (χ1v) is 13.2. The number of ether oxygens (including phenoxy) is 1. The molecule has 0 spiro atoms. The number of piperidine rings is 1. The fraction of sp³-hybridized carbons (Fsp3) is 0.250. The maximum Gasteiger partial charge on any atom is 0.281 e. The van der Waals surface area contributed by atoms with Crippen LogP contribution in [0.25, 0.3) is 11.3 Å². The minimum atomic E-state index is -4.23. The average Bonchev–Trinajstić information content (AvgIpc) is 3.37. The molecule has 0 amide bonds. The first kappa shape index (κ1) is 25.5. The lowest BCUT2D eigenvalue weighted by Gasteiger charge is -2.23. The lowest BCUT2D eigenvalue weighted by molar-refractivity contribution is 0.407. The van der Waals surface area contributed by atoms with Gasteiger partial charge in [0.2, 0.25) is 17.6 Å². The fourth-order valence-corrected chi connectivity index (χ4v) is 4.96. The number of nitrogens with one attached hydrogen (secondary N) is 3. The first-order chi connectivity index (χ1) is 18.3. The van der Waals surface area contributed by atoms with E-state index in [-0.39, 0.29) is 16.9 Å². The van der Waals surface area contributed by atoms with Crippen molar-refractivity contribution in [3.05, 3.63) is 66.9 Å². The van der Waals surface area contributed by atoms with Crippen molar-refractivity contribution < 1.29 is 21.9 Å². The highest BCUT2D eigenvalue weighted by Crippen LogP contribution is 2.34. The van der Waals surface area contributed by atoms with Gasteiger partial charge in [-0.25, -0.2) is 24.3 Å². The predicted octanol–water partition coefficient (Wildman–Crippen LogP) is 3.31. The molecule has 198 valence electrons. The fourth-order valence-electron chi connectivity index (χ4n) is 3.92. The van der Waals surface area contributed by atoms with Crippen LogP contribution < -0.4 is 20.1 Å². The van der Waals surface area contributed by atoms with Crippen molar-refractivity contribution in [1.29, 1.82) is 0 Å². The molecular weight excluding hydrogens is 518 g/mol. The SMILES string of the molecule is Cn1cnc(S(=O)(=O)Nc2ccc(Oc3ncccc3-c3ccnc(N[C@H]4CCCNC4)n3)c(F)c2F)c1. The number of aryl methyl sites for hydroxylation is 1. The van der Waals surface area contributed by atoms with Crippen LogP contribution >= 0.6 is 0 Å². The number of anilines is 2. The molecule has 0 saturated carbocycles. The zero-order valence-corrected chi connectivity index (χ0v) is 21.0. The third-order valence-corrected chi connectivity index (χ3v) is 7.04. The average molecular weight is 543 g/mol. The summed E-state index contributed by atoms with van der Waals surface area (Å²) < 4.78 is 63.8. The zero-order valence-electron chi connectivity index (χ0n) is 20.2. The van der Waals surface area contributed by atoms with Gasteiger partial charge in [0, 0.05) is 38.2 Å². The monoisotopic (exact) mass is 542 g/mol. The van der Waals surface area contributed by atoms with E-state index in [9.17, 15) is 17.2 Å². The Balaban J connectivity index is 1.38. The molecular formula is C24H24F2N8O3S. The van der Waals surface area contributed by atoms with Crippen molar-refractivity contribution in [2.45, 2.75) is 23.9 Å². The van der Waals surface area contributed by atoms with Crippen LogP contribution in [-0.4, -0.2) is 52.1 Å². The summed E-state index contributed by atoms with van der Waals surface area (Å²) in [6.07, 6.45) is 7.56. The highest BCUT2D eigenvalue weighted by molar-refractivity contribution is 7.92. The summed E-state index contributed by atoms with van der Waals surface area (Å²) >= 11 is 0. The Kier molecular flexibility index (Phi) is 7.15. The Bertz CT molecular complexity index is 1560.